The van der Waals surface area contributed by atoms with Gasteiger partial charge < -0.3 is 5.32 Å². The largest absolute Gasteiger partial charge is 0.353 e. The molecule has 0 saturated carbocycles. The highest BCUT2D eigenvalue weighted by molar-refractivity contribution is 7.91. The van der Waals surface area contributed by atoms with E-state index >= 15 is 0 Å². The SMILES string of the molecule is CC(C)[C@@H](C)NC(=O)CS(=O)(=O)Cc1ccccc1. The second kappa shape index (κ2) is 6.70. The molecule has 106 valence electrons. The first-order chi connectivity index (χ1) is 8.80. The standard InChI is InChI=1S/C14H21NO3S/c1-11(2)12(3)15-14(16)10-19(17,18)9-13-7-5-4-6-8-13/h4-8,11-12H,9-10H2,1-3H3,(H,15,16)/t12-/m1/s1. The van der Waals surface area contributed by atoms with Crippen LogP contribution in [0.2, 0.25) is 0 Å². The first-order valence-electron chi connectivity index (χ1n) is 6.34. The summed E-state index contributed by atoms with van der Waals surface area (Å²) in [4.78, 5) is 11.7. The van der Waals surface area contributed by atoms with Crippen LogP contribution in [0.15, 0.2) is 30.3 Å². The zero-order valence-corrected chi connectivity index (χ0v) is 12.4. The van der Waals surface area contributed by atoms with E-state index < -0.39 is 21.5 Å². The molecule has 0 aromatic heterocycles. The van der Waals surface area contributed by atoms with E-state index in [1.807, 2.05) is 26.8 Å². The van der Waals surface area contributed by atoms with Crippen LogP contribution in [0.4, 0.5) is 0 Å². The summed E-state index contributed by atoms with van der Waals surface area (Å²) in [6.45, 7) is 5.82. The lowest BCUT2D eigenvalue weighted by atomic mass is 10.1. The van der Waals surface area contributed by atoms with Crippen molar-refractivity contribution < 1.29 is 13.2 Å². The van der Waals surface area contributed by atoms with Crippen molar-refractivity contribution in [2.24, 2.45) is 5.92 Å². The number of rotatable bonds is 6. The van der Waals surface area contributed by atoms with E-state index in [1.54, 1.807) is 24.3 Å². The number of sulfone groups is 1. The van der Waals surface area contributed by atoms with Gasteiger partial charge in [0.15, 0.2) is 9.84 Å². The number of hydrogen-bond acceptors (Lipinski definition) is 3. The Morgan fingerprint density at radius 3 is 2.26 bits per heavy atom. The van der Waals surface area contributed by atoms with E-state index in [0.29, 0.717) is 5.56 Å². The predicted molar refractivity (Wildman–Crippen MR) is 76.4 cm³/mol. The molecule has 1 rings (SSSR count). The van der Waals surface area contributed by atoms with Crippen molar-refractivity contribution in [1.82, 2.24) is 5.32 Å². The molecule has 0 heterocycles. The molecule has 0 bridgehead atoms. The van der Waals surface area contributed by atoms with Gasteiger partial charge in [-0.3, -0.25) is 4.79 Å². The molecule has 5 heteroatoms. The Bertz CT molecular complexity index is 509. The third-order valence-corrected chi connectivity index (χ3v) is 4.44. The molecule has 0 saturated heterocycles. The summed E-state index contributed by atoms with van der Waals surface area (Å²) in [5.74, 6) is -0.714. The van der Waals surface area contributed by atoms with Crippen LogP contribution >= 0.6 is 0 Å². The molecular formula is C14H21NO3S. The number of nitrogens with one attached hydrogen (secondary N) is 1. The van der Waals surface area contributed by atoms with Gasteiger partial charge in [0.2, 0.25) is 5.91 Å². The van der Waals surface area contributed by atoms with Crippen LogP contribution < -0.4 is 5.32 Å². The Balaban J connectivity index is 2.58. The van der Waals surface area contributed by atoms with Crippen molar-refractivity contribution in [3.63, 3.8) is 0 Å². The van der Waals surface area contributed by atoms with Gasteiger partial charge in [-0.2, -0.15) is 0 Å². The molecule has 0 fully saturated rings. The van der Waals surface area contributed by atoms with Crippen LogP contribution in [0.5, 0.6) is 0 Å². The molecule has 0 radical (unpaired) electrons. The van der Waals surface area contributed by atoms with Crippen molar-refractivity contribution in [2.45, 2.75) is 32.6 Å². The Morgan fingerprint density at radius 1 is 1.16 bits per heavy atom. The van der Waals surface area contributed by atoms with Crippen LogP contribution in [0.1, 0.15) is 26.3 Å². The van der Waals surface area contributed by atoms with Crippen molar-refractivity contribution in [2.75, 3.05) is 5.75 Å². The van der Waals surface area contributed by atoms with Gasteiger partial charge in [0, 0.05) is 6.04 Å². The van der Waals surface area contributed by atoms with Gasteiger partial charge in [0.1, 0.15) is 5.75 Å². The highest BCUT2D eigenvalue weighted by atomic mass is 32.2. The lowest BCUT2D eigenvalue weighted by Crippen LogP contribution is -2.39. The lowest BCUT2D eigenvalue weighted by Gasteiger charge is -2.17. The summed E-state index contributed by atoms with van der Waals surface area (Å²) in [5, 5.41) is 2.70. The molecule has 0 aliphatic rings. The van der Waals surface area contributed by atoms with Gasteiger partial charge in [-0.1, -0.05) is 44.2 Å². The molecule has 0 spiro atoms. The molecule has 0 aliphatic heterocycles. The molecule has 1 N–H and O–H groups in total. The average Bonchev–Trinajstić information content (AvgIpc) is 2.28. The van der Waals surface area contributed by atoms with Gasteiger partial charge in [-0.25, -0.2) is 8.42 Å². The highest BCUT2D eigenvalue weighted by Crippen LogP contribution is 2.06. The fraction of sp³-hybridized carbons (Fsp3) is 0.500. The topological polar surface area (TPSA) is 63.2 Å². The predicted octanol–water partition coefficient (Wildman–Crippen LogP) is 1.76. The molecule has 1 amide bonds. The van der Waals surface area contributed by atoms with Crippen molar-refractivity contribution in [3.05, 3.63) is 35.9 Å². The lowest BCUT2D eigenvalue weighted by molar-refractivity contribution is -0.119. The minimum Gasteiger partial charge on any atom is -0.353 e. The molecule has 1 aromatic rings. The number of hydrogen-bond donors (Lipinski definition) is 1. The van der Waals surface area contributed by atoms with E-state index in [9.17, 15) is 13.2 Å². The van der Waals surface area contributed by atoms with Gasteiger partial charge in [0.05, 0.1) is 5.75 Å². The van der Waals surface area contributed by atoms with Gasteiger partial charge in [-0.15, -0.1) is 0 Å². The fourth-order valence-corrected chi connectivity index (χ4v) is 2.83. The Morgan fingerprint density at radius 2 is 1.74 bits per heavy atom. The summed E-state index contributed by atoms with van der Waals surface area (Å²) in [5.41, 5.74) is 0.701. The molecule has 0 aliphatic carbocycles. The molecule has 4 nitrogen and oxygen atoms in total. The van der Waals surface area contributed by atoms with Crippen molar-refractivity contribution in [1.29, 1.82) is 0 Å². The van der Waals surface area contributed by atoms with Crippen LogP contribution in [0.25, 0.3) is 0 Å². The number of benzene rings is 1. The minimum atomic E-state index is -3.42. The quantitative estimate of drug-likeness (QED) is 0.865. The van der Waals surface area contributed by atoms with Gasteiger partial charge in [-0.05, 0) is 18.4 Å². The van der Waals surface area contributed by atoms with Crippen LogP contribution in [-0.4, -0.2) is 26.1 Å². The Labute approximate surface area is 115 Å². The zero-order valence-electron chi connectivity index (χ0n) is 11.6. The van der Waals surface area contributed by atoms with E-state index in [-0.39, 0.29) is 17.7 Å². The highest BCUT2D eigenvalue weighted by Gasteiger charge is 2.19. The molecule has 0 unspecified atom stereocenters. The van der Waals surface area contributed by atoms with E-state index in [4.69, 9.17) is 0 Å². The minimum absolute atomic E-state index is 0.0283. The van der Waals surface area contributed by atoms with Gasteiger partial charge in [0.25, 0.3) is 0 Å². The maximum absolute atomic E-state index is 11.9. The maximum Gasteiger partial charge on any atom is 0.235 e. The average molecular weight is 283 g/mol. The summed E-state index contributed by atoms with van der Waals surface area (Å²) < 4.78 is 23.8. The molecule has 19 heavy (non-hydrogen) atoms. The Kier molecular flexibility index (Phi) is 5.54. The normalized spacial score (nSPS) is 13.3. The third kappa shape index (κ3) is 5.87. The summed E-state index contributed by atoms with van der Waals surface area (Å²) in [7, 11) is -3.42. The van der Waals surface area contributed by atoms with Crippen LogP contribution in [0.3, 0.4) is 0 Å². The zero-order chi connectivity index (χ0) is 14.5. The molecular weight excluding hydrogens is 262 g/mol. The van der Waals surface area contributed by atoms with E-state index in [0.717, 1.165) is 0 Å². The van der Waals surface area contributed by atoms with Gasteiger partial charge >= 0.3 is 0 Å². The maximum atomic E-state index is 11.9. The number of carbonyl (C=O) groups excluding carboxylic acids is 1. The third-order valence-electron chi connectivity index (χ3n) is 2.97. The molecule has 1 atom stereocenters. The second-order valence-corrected chi connectivity index (χ2v) is 7.18. The van der Waals surface area contributed by atoms with E-state index in [2.05, 4.69) is 5.32 Å². The van der Waals surface area contributed by atoms with Crippen LogP contribution in [-0.2, 0) is 20.4 Å². The first kappa shape index (κ1) is 15.7. The van der Waals surface area contributed by atoms with Crippen LogP contribution in [0, 0.1) is 5.92 Å². The smallest absolute Gasteiger partial charge is 0.235 e. The Hall–Kier alpha value is -1.36. The fourth-order valence-electron chi connectivity index (χ4n) is 1.54. The summed E-state index contributed by atoms with van der Waals surface area (Å²) in [6.07, 6.45) is 0. The first-order valence-corrected chi connectivity index (χ1v) is 8.16. The van der Waals surface area contributed by atoms with E-state index in [1.165, 1.54) is 0 Å². The summed E-state index contributed by atoms with van der Waals surface area (Å²) in [6, 6.07) is 8.85. The summed E-state index contributed by atoms with van der Waals surface area (Å²) >= 11 is 0. The second-order valence-electron chi connectivity index (χ2n) is 5.12. The number of carbonyl (C=O) groups is 1. The van der Waals surface area contributed by atoms with Crippen molar-refractivity contribution >= 4 is 15.7 Å². The molecule has 1 aromatic carbocycles. The van der Waals surface area contributed by atoms with Crippen molar-refractivity contribution in [3.8, 4) is 0 Å². The monoisotopic (exact) mass is 283 g/mol. The number of amides is 1.